The van der Waals surface area contributed by atoms with Gasteiger partial charge < -0.3 is 15.4 Å². The van der Waals surface area contributed by atoms with Crippen LogP contribution in [0.3, 0.4) is 0 Å². The molecule has 0 spiro atoms. The van der Waals surface area contributed by atoms with Crippen LogP contribution >= 0.6 is 0 Å². The molecule has 2 aromatic carbocycles. The summed E-state index contributed by atoms with van der Waals surface area (Å²) in [6.07, 6.45) is -3.77. The van der Waals surface area contributed by atoms with Gasteiger partial charge in [0.15, 0.2) is 5.69 Å². The van der Waals surface area contributed by atoms with Gasteiger partial charge in [0.05, 0.1) is 23.4 Å². The molecule has 0 aliphatic heterocycles. The lowest BCUT2D eigenvalue weighted by atomic mass is 10.0. The third-order valence-electron chi connectivity index (χ3n) is 4.82. The second kappa shape index (κ2) is 9.98. The van der Waals surface area contributed by atoms with Crippen LogP contribution in [0.2, 0.25) is 0 Å². The van der Waals surface area contributed by atoms with Crippen LogP contribution < -0.4 is 15.4 Å². The molecule has 3 aromatic rings. The van der Waals surface area contributed by atoms with E-state index in [-0.39, 0.29) is 6.54 Å². The van der Waals surface area contributed by atoms with Gasteiger partial charge in [0.2, 0.25) is 0 Å². The molecule has 0 saturated heterocycles. The molecular weight excluding hydrogens is 449 g/mol. The molecule has 180 valence electrons. The molecular formula is C24H25F3N4O3. The number of benzene rings is 2. The minimum Gasteiger partial charge on any atom is -0.494 e. The number of nitrogens with zero attached hydrogens (tertiary/aromatic N) is 2. The summed E-state index contributed by atoms with van der Waals surface area (Å²) in [5, 5.41) is 8.82. The second-order valence-corrected chi connectivity index (χ2v) is 8.15. The first-order valence-corrected chi connectivity index (χ1v) is 10.6. The monoisotopic (exact) mass is 474 g/mol. The lowest BCUT2D eigenvalue weighted by Crippen LogP contribution is -2.51. The highest BCUT2D eigenvalue weighted by atomic mass is 19.4. The van der Waals surface area contributed by atoms with E-state index in [9.17, 15) is 22.8 Å². The number of hydrogen-bond donors (Lipinski definition) is 2. The van der Waals surface area contributed by atoms with E-state index in [2.05, 4.69) is 15.7 Å². The van der Waals surface area contributed by atoms with Crippen LogP contribution in [0, 0.1) is 0 Å². The summed E-state index contributed by atoms with van der Waals surface area (Å²) in [4.78, 5) is 25.2. The Labute approximate surface area is 194 Å². The zero-order valence-corrected chi connectivity index (χ0v) is 18.9. The summed E-state index contributed by atoms with van der Waals surface area (Å²) in [6, 6.07) is 14.7. The van der Waals surface area contributed by atoms with E-state index in [0.29, 0.717) is 23.6 Å². The zero-order chi connectivity index (χ0) is 24.9. The van der Waals surface area contributed by atoms with Gasteiger partial charge in [0.1, 0.15) is 5.75 Å². The smallest absolute Gasteiger partial charge is 0.435 e. The van der Waals surface area contributed by atoms with Crippen molar-refractivity contribution in [2.75, 3.05) is 13.2 Å². The van der Waals surface area contributed by atoms with E-state index in [1.54, 1.807) is 68.4 Å². The Kier molecular flexibility index (Phi) is 7.29. The minimum absolute atomic E-state index is 0.109. The zero-order valence-electron chi connectivity index (χ0n) is 18.9. The summed E-state index contributed by atoms with van der Waals surface area (Å²) in [6.45, 7) is 5.54. The molecule has 0 aliphatic carbocycles. The van der Waals surface area contributed by atoms with Crippen LogP contribution in [-0.4, -0.2) is 40.3 Å². The predicted molar refractivity (Wildman–Crippen MR) is 120 cm³/mol. The average Bonchev–Trinajstić information content (AvgIpc) is 3.25. The third-order valence-corrected chi connectivity index (χ3v) is 4.82. The fourth-order valence-corrected chi connectivity index (χ4v) is 3.15. The van der Waals surface area contributed by atoms with Crippen LogP contribution in [-0.2, 0) is 6.18 Å². The molecule has 34 heavy (non-hydrogen) atoms. The van der Waals surface area contributed by atoms with Crippen molar-refractivity contribution in [3.63, 3.8) is 0 Å². The number of nitrogens with one attached hydrogen (secondary N) is 2. The molecule has 0 radical (unpaired) electrons. The molecule has 1 aromatic heterocycles. The second-order valence-electron chi connectivity index (χ2n) is 8.15. The normalized spacial score (nSPS) is 11.7. The van der Waals surface area contributed by atoms with Crippen LogP contribution in [0.4, 0.5) is 13.2 Å². The lowest BCUT2D eigenvalue weighted by Gasteiger charge is -2.26. The molecule has 3 rings (SSSR count). The van der Waals surface area contributed by atoms with E-state index < -0.39 is 34.8 Å². The number of carbonyl (C=O) groups is 2. The Bertz CT molecular complexity index is 1140. The molecule has 0 unspecified atom stereocenters. The highest BCUT2D eigenvalue weighted by Gasteiger charge is 2.39. The Morgan fingerprint density at radius 3 is 2.24 bits per heavy atom. The maximum atomic E-state index is 13.5. The van der Waals surface area contributed by atoms with Crippen molar-refractivity contribution in [1.82, 2.24) is 20.4 Å². The van der Waals surface area contributed by atoms with Crippen molar-refractivity contribution in [2.24, 2.45) is 0 Å². The average molecular weight is 474 g/mol. The lowest BCUT2D eigenvalue weighted by molar-refractivity contribution is -0.141. The fraction of sp³-hybridized carbons (Fsp3) is 0.292. The number of para-hydroxylation sites is 1. The Morgan fingerprint density at radius 1 is 1.00 bits per heavy atom. The number of amides is 2. The number of halogens is 3. The molecule has 2 amide bonds. The Hall–Kier alpha value is -3.82. The summed E-state index contributed by atoms with van der Waals surface area (Å²) >= 11 is 0. The first-order chi connectivity index (χ1) is 16.0. The number of hydrogen-bond acceptors (Lipinski definition) is 4. The summed E-state index contributed by atoms with van der Waals surface area (Å²) in [5.74, 6) is -0.713. The molecule has 7 nitrogen and oxygen atoms in total. The van der Waals surface area contributed by atoms with Gasteiger partial charge in [-0.3, -0.25) is 9.59 Å². The molecule has 1 heterocycles. The van der Waals surface area contributed by atoms with E-state index in [1.807, 2.05) is 6.92 Å². The highest BCUT2D eigenvalue weighted by Crippen LogP contribution is 2.31. The number of rotatable bonds is 8. The van der Waals surface area contributed by atoms with Gasteiger partial charge in [-0.2, -0.15) is 18.3 Å². The highest BCUT2D eigenvalue weighted by molar-refractivity contribution is 5.96. The minimum atomic E-state index is -4.82. The topological polar surface area (TPSA) is 85.3 Å². The van der Waals surface area contributed by atoms with E-state index >= 15 is 0 Å². The van der Waals surface area contributed by atoms with Crippen LogP contribution in [0.15, 0.2) is 60.8 Å². The van der Waals surface area contributed by atoms with Gasteiger partial charge >= 0.3 is 6.18 Å². The third kappa shape index (κ3) is 6.15. The molecule has 0 atom stereocenters. The van der Waals surface area contributed by atoms with E-state index in [0.717, 1.165) is 10.9 Å². The van der Waals surface area contributed by atoms with Crippen LogP contribution in [0.1, 0.15) is 47.2 Å². The summed E-state index contributed by atoms with van der Waals surface area (Å²) in [7, 11) is 0. The largest absolute Gasteiger partial charge is 0.494 e. The van der Waals surface area contributed by atoms with Gasteiger partial charge in [-0.25, -0.2) is 4.68 Å². The first kappa shape index (κ1) is 24.8. The van der Waals surface area contributed by atoms with Crippen LogP contribution in [0.25, 0.3) is 5.69 Å². The molecule has 0 bridgehead atoms. The molecule has 0 aliphatic rings. The fourth-order valence-electron chi connectivity index (χ4n) is 3.15. The van der Waals surface area contributed by atoms with Crippen molar-refractivity contribution in [2.45, 2.75) is 32.5 Å². The van der Waals surface area contributed by atoms with Gasteiger partial charge in [-0.05, 0) is 57.2 Å². The molecule has 10 heteroatoms. The Morgan fingerprint density at radius 2 is 1.65 bits per heavy atom. The van der Waals surface area contributed by atoms with E-state index in [1.165, 1.54) is 0 Å². The van der Waals surface area contributed by atoms with Crippen LogP contribution in [0.5, 0.6) is 5.75 Å². The first-order valence-electron chi connectivity index (χ1n) is 10.6. The number of aromatic nitrogens is 2. The van der Waals surface area contributed by atoms with Crippen molar-refractivity contribution in [3.8, 4) is 11.4 Å². The van der Waals surface area contributed by atoms with Crippen molar-refractivity contribution >= 4 is 11.8 Å². The van der Waals surface area contributed by atoms with Crippen molar-refractivity contribution in [1.29, 1.82) is 0 Å². The summed E-state index contributed by atoms with van der Waals surface area (Å²) < 4.78 is 46.9. The quantitative estimate of drug-likeness (QED) is 0.512. The number of carbonyl (C=O) groups excluding carboxylic acids is 2. The maximum Gasteiger partial charge on any atom is 0.435 e. The van der Waals surface area contributed by atoms with Crippen molar-refractivity contribution < 1.29 is 27.5 Å². The van der Waals surface area contributed by atoms with Gasteiger partial charge in [-0.1, -0.05) is 18.2 Å². The van der Waals surface area contributed by atoms with Crippen molar-refractivity contribution in [3.05, 3.63) is 77.6 Å². The van der Waals surface area contributed by atoms with Gasteiger partial charge in [0, 0.05) is 18.3 Å². The van der Waals surface area contributed by atoms with E-state index in [4.69, 9.17) is 4.74 Å². The number of ether oxygens (including phenoxy) is 1. The molecule has 0 saturated carbocycles. The molecule has 0 fully saturated rings. The van der Waals surface area contributed by atoms with Gasteiger partial charge in [0.25, 0.3) is 11.8 Å². The SMILES string of the molecule is CCOc1ccc(C(=O)NC(C)(C)CNC(=O)c2cn(-c3ccccc3)nc2C(F)(F)F)cc1. The summed E-state index contributed by atoms with van der Waals surface area (Å²) in [5.41, 5.74) is -2.07. The number of alkyl halides is 3. The standard InChI is InChI=1S/C24H25F3N4O3/c1-4-34-18-12-10-16(11-13-18)21(32)29-23(2,3)15-28-22(33)19-14-31(17-8-6-5-7-9-17)30-20(19)24(25,26)27/h5-14H,4,15H2,1-3H3,(H,28,33)(H,29,32). The maximum absolute atomic E-state index is 13.5. The Balaban J connectivity index is 1.70. The predicted octanol–water partition coefficient (Wildman–Crippen LogP) is 4.23. The molecule has 2 N–H and O–H groups in total. The van der Waals surface area contributed by atoms with Gasteiger partial charge in [-0.15, -0.1) is 0 Å².